The number of hydrogen-bond acceptors (Lipinski definition) is 7. The van der Waals surface area contributed by atoms with Gasteiger partial charge < -0.3 is 20.1 Å². The zero-order valence-electron chi connectivity index (χ0n) is 10.4. The first-order valence-corrected chi connectivity index (χ1v) is 6.29. The van der Waals surface area contributed by atoms with Crippen molar-refractivity contribution >= 4 is 11.9 Å². The van der Waals surface area contributed by atoms with E-state index in [1.54, 1.807) is 0 Å². The second kappa shape index (κ2) is 3.81. The quantitative estimate of drug-likeness (QED) is 0.244. The van der Waals surface area contributed by atoms with Gasteiger partial charge in [-0.05, 0) is 12.3 Å². The summed E-state index contributed by atoms with van der Waals surface area (Å²) in [6.07, 6.45) is -3.98. The van der Waals surface area contributed by atoms with Gasteiger partial charge in [-0.1, -0.05) is 6.92 Å². The Balaban J connectivity index is 2.13. The summed E-state index contributed by atoms with van der Waals surface area (Å²) in [5.41, 5.74) is 4.23. The summed E-state index contributed by atoms with van der Waals surface area (Å²) in [6, 6.07) is 0. The molecule has 2 fully saturated rings. The van der Waals surface area contributed by atoms with Gasteiger partial charge in [0.25, 0.3) is 0 Å². The van der Waals surface area contributed by atoms with E-state index in [0.29, 0.717) is 6.42 Å². The van der Waals surface area contributed by atoms with Crippen LogP contribution in [-0.4, -0.2) is 57.3 Å². The Bertz CT molecular complexity index is 456. The highest BCUT2D eigenvalue weighted by atomic mass is 16.6. The molecule has 1 aliphatic carbocycles. The molecule has 0 aromatic heterocycles. The third-order valence-corrected chi connectivity index (χ3v) is 4.56. The zero-order valence-corrected chi connectivity index (χ0v) is 10.4. The van der Waals surface area contributed by atoms with E-state index >= 15 is 0 Å². The van der Waals surface area contributed by atoms with Crippen molar-refractivity contribution in [2.75, 3.05) is 0 Å². The van der Waals surface area contributed by atoms with Gasteiger partial charge in [0.15, 0.2) is 17.9 Å². The molecule has 1 saturated carbocycles. The molecule has 7 atom stereocenters. The van der Waals surface area contributed by atoms with Crippen LogP contribution in [0.2, 0.25) is 0 Å². The number of hydrogen-bond donors (Lipinski definition) is 6. The number of nitrogens with two attached hydrogens (primary N) is 1. The van der Waals surface area contributed by atoms with E-state index < -0.39 is 42.0 Å². The molecular weight excluding hydrogens is 254 g/mol. The van der Waals surface area contributed by atoms with Gasteiger partial charge in [-0.15, -0.1) is 0 Å². The fourth-order valence-corrected chi connectivity index (χ4v) is 3.63. The molecule has 2 bridgehead atoms. The lowest BCUT2D eigenvalue weighted by atomic mass is 9.61. The normalized spacial score (nSPS) is 52.6. The van der Waals surface area contributed by atoms with E-state index in [2.05, 4.69) is 10.3 Å². The van der Waals surface area contributed by atoms with Gasteiger partial charge in [0.1, 0.15) is 12.2 Å². The summed E-state index contributed by atoms with van der Waals surface area (Å²) in [5.74, 6) is -1.46. The van der Waals surface area contributed by atoms with Gasteiger partial charge in [-0.25, -0.2) is 4.79 Å². The smallest absolute Gasteiger partial charge is 0.343 e. The number of guanidine groups is 1. The highest BCUT2D eigenvalue weighted by molar-refractivity contribution is 5.81. The monoisotopic (exact) mass is 272 g/mol. The van der Waals surface area contributed by atoms with E-state index in [0.717, 1.165) is 0 Å². The SMILES string of the molecule is CC1CC2[C@H](O)[NH+]=C(N)NC23C(O)C1OC(=O)[C@@H]3O. The molecule has 2 aliphatic heterocycles. The Morgan fingerprint density at radius 2 is 2.16 bits per heavy atom. The number of nitrogens with one attached hydrogen (secondary N) is 2. The number of carbonyl (C=O) groups excluding carboxylic acids is 1. The van der Waals surface area contributed by atoms with Gasteiger partial charge in [0, 0.05) is 0 Å². The largest absolute Gasteiger partial charge is 0.457 e. The Morgan fingerprint density at radius 3 is 2.84 bits per heavy atom. The van der Waals surface area contributed by atoms with Gasteiger partial charge in [0.05, 0.1) is 5.92 Å². The summed E-state index contributed by atoms with van der Waals surface area (Å²) >= 11 is 0. The Kier molecular flexibility index (Phi) is 2.54. The number of esters is 1. The third-order valence-electron chi connectivity index (χ3n) is 4.56. The second-order valence-corrected chi connectivity index (χ2v) is 5.63. The van der Waals surface area contributed by atoms with E-state index in [-0.39, 0.29) is 11.9 Å². The number of carbonyl (C=O) groups is 1. The first-order valence-electron chi connectivity index (χ1n) is 6.29. The highest BCUT2D eigenvalue weighted by Crippen LogP contribution is 2.45. The fourth-order valence-electron chi connectivity index (χ4n) is 3.63. The Labute approximate surface area is 109 Å². The van der Waals surface area contributed by atoms with Crippen LogP contribution in [0.5, 0.6) is 0 Å². The number of aliphatic hydroxyl groups excluding tert-OH is 3. The molecule has 0 amide bonds. The lowest BCUT2D eigenvalue weighted by Gasteiger charge is -2.56. The Hall–Kier alpha value is -1.38. The standard InChI is InChI=1S/C11H17N3O5/c1-3-2-4-8(17)13-10(12)14-11(4)6(15)5(3)19-9(18)7(11)16/h3-8,15-17H,2H2,1H3,(H3,12,13,14)/p+1/t3?,4?,5?,6?,7-,8-,11?/m0/s1. The summed E-state index contributed by atoms with van der Waals surface area (Å²) in [5, 5.41) is 33.5. The van der Waals surface area contributed by atoms with Crippen LogP contribution >= 0.6 is 0 Å². The van der Waals surface area contributed by atoms with Crippen molar-refractivity contribution in [2.45, 2.75) is 43.4 Å². The number of fused-ring (bicyclic) bond motifs is 1. The summed E-state index contributed by atoms with van der Waals surface area (Å²) in [7, 11) is 0. The summed E-state index contributed by atoms with van der Waals surface area (Å²) in [6.45, 7) is 1.83. The maximum atomic E-state index is 11.8. The predicted molar refractivity (Wildman–Crippen MR) is 61.2 cm³/mol. The van der Waals surface area contributed by atoms with Gasteiger partial charge in [-0.3, -0.25) is 16.0 Å². The molecule has 106 valence electrons. The minimum atomic E-state index is -1.58. The minimum Gasteiger partial charge on any atom is -0.457 e. The molecule has 3 rings (SSSR count). The lowest BCUT2D eigenvalue weighted by molar-refractivity contribution is -0.584. The molecule has 19 heavy (non-hydrogen) atoms. The third kappa shape index (κ3) is 1.44. The fraction of sp³-hybridized carbons (Fsp3) is 0.818. The molecule has 0 radical (unpaired) electrons. The van der Waals surface area contributed by atoms with Crippen molar-refractivity contribution in [1.82, 2.24) is 5.32 Å². The van der Waals surface area contributed by atoms with Crippen LogP contribution in [0.15, 0.2) is 0 Å². The molecule has 2 heterocycles. The molecule has 8 heteroatoms. The summed E-state index contributed by atoms with van der Waals surface area (Å²) in [4.78, 5) is 14.4. The van der Waals surface area contributed by atoms with Crippen LogP contribution in [0.25, 0.3) is 0 Å². The number of aliphatic hydroxyl groups is 3. The molecule has 5 unspecified atom stereocenters. The average Bonchev–Trinajstić information content (AvgIpc) is 2.33. The van der Waals surface area contributed by atoms with E-state index in [1.165, 1.54) is 0 Å². The van der Waals surface area contributed by atoms with E-state index in [9.17, 15) is 20.1 Å². The molecule has 3 aliphatic rings. The van der Waals surface area contributed by atoms with Crippen molar-refractivity contribution in [3.8, 4) is 0 Å². The lowest BCUT2D eigenvalue weighted by Crippen LogP contribution is -2.97. The van der Waals surface area contributed by atoms with E-state index in [1.807, 2.05) is 6.92 Å². The van der Waals surface area contributed by atoms with Gasteiger partial charge in [0.2, 0.25) is 0 Å². The van der Waals surface area contributed by atoms with Crippen molar-refractivity contribution < 1.29 is 29.8 Å². The van der Waals surface area contributed by atoms with Crippen molar-refractivity contribution in [3.05, 3.63) is 0 Å². The van der Waals surface area contributed by atoms with Crippen LogP contribution in [0.1, 0.15) is 13.3 Å². The highest BCUT2D eigenvalue weighted by Gasteiger charge is 2.69. The van der Waals surface area contributed by atoms with Crippen LogP contribution in [0.3, 0.4) is 0 Å². The maximum absolute atomic E-state index is 11.8. The summed E-state index contributed by atoms with van der Waals surface area (Å²) < 4.78 is 5.08. The molecule has 0 aromatic rings. The molecule has 1 saturated heterocycles. The predicted octanol–water partition coefficient (Wildman–Crippen LogP) is -4.65. The molecule has 7 N–H and O–H groups in total. The zero-order chi connectivity index (χ0) is 13.9. The number of rotatable bonds is 0. The van der Waals surface area contributed by atoms with E-state index in [4.69, 9.17) is 10.5 Å². The molecule has 1 spiro atoms. The van der Waals surface area contributed by atoms with Crippen LogP contribution < -0.4 is 16.0 Å². The van der Waals surface area contributed by atoms with Gasteiger partial charge >= 0.3 is 11.9 Å². The number of ether oxygens (including phenoxy) is 1. The van der Waals surface area contributed by atoms with Gasteiger partial charge in [-0.2, -0.15) is 0 Å². The van der Waals surface area contributed by atoms with Crippen molar-refractivity contribution in [1.29, 1.82) is 0 Å². The maximum Gasteiger partial charge on any atom is 0.343 e. The van der Waals surface area contributed by atoms with Crippen molar-refractivity contribution in [2.24, 2.45) is 17.6 Å². The second-order valence-electron chi connectivity index (χ2n) is 5.63. The van der Waals surface area contributed by atoms with Crippen LogP contribution in [0.4, 0.5) is 0 Å². The minimum absolute atomic E-state index is 0.0184. The molecule has 0 aromatic carbocycles. The average molecular weight is 272 g/mol. The molecular formula is C11H18N3O5+. The van der Waals surface area contributed by atoms with Crippen LogP contribution in [-0.2, 0) is 9.53 Å². The topological polar surface area (TPSA) is 139 Å². The first-order chi connectivity index (χ1) is 8.87. The molecule has 8 nitrogen and oxygen atoms in total. The Morgan fingerprint density at radius 1 is 1.47 bits per heavy atom. The first kappa shape index (κ1) is 12.6. The van der Waals surface area contributed by atoms with Crippen LogP contribution in [0, 0.1) is 11.8 Å². The van der Waals surface area contributed by atoms with Crippen molar-refractivity contribution in [3.63, 3.8) is 0 Å².